The van der Waals surface area contributed by atoms with Crippen LogP contribution in [-0.2, 0) is 61.7 Å². The predicted octanol–water partition coefficient (Wildman–Crippen LogP) is -2.15. The van der Waals surface area contributed by atoms with Gasteiger partial charge >= 0.3 is 23.9 Å². The zero-order valence-corrected chi connectivity index (χ0v) is 42.7. The van der Waals surface area contributed by atoms with Gasteiger partial charge in [-0.3, -0.25) is 4.79 Å². The van der Waals surface area contributed by atoms with Crippen LogP contribution >= 0.6 is 0 Å². The van der Waals surface area contributed by atoms with E-state index in [1.807, 2.05) is 0 Å². The Hall–Kier alpha value is -2.12. The Morgan fingerprint density at radius 1 is 0.757 bits per heavy atom. The molecule has 24 heteroatoms. The lowest BCUT2D eigenvalue weighted by atomic mass is 9.43. The van der Waals surface area contributed by atoms with Crippen molar-refractivity contribution in [3.8, 4) is 0 Å². The quantitative estimate of drug-likeness (QED) is 0.0532. The minimum absolute atomic E-state index is 0.0212. The number of carbonyl (C=O) groups is 2. The minimum Gasteiger partial charge on any atom is -0.462 e. The predicted molar refractivity (Wildman–Crippen MR) is 245 cm³/mol. The molecule has 0 aromatic carbocycles. The second-order valence-electron chi connectivity index (χ2n) is 23.0. The van der Waals surface area contributed by atoms with Crippen LogP contribution in [0.25, 0.3) is 0 Å². The molecule has 8 fully saturated rings. The highest BCUT2D eigenvalue weighted by molar-refractivity contribution is 5.85. The molecule has 0 aromatic rings. The maximum Gasteiger partial charge on any atom is 0.331 e. The van der Waals surface area contributed by atoms with Crippen molar-refractivity contribution in [2.45, 2.75) is 227 Å². The van der Waals surface area contributed by atoms with Crippen molar-refractivity contribution in [1.82, 2.24) is 0 Å². The number of ether oxygens (including phenoxy) is 11. The summed E-state index contributed by atoms with van der Waals surface area (Å²) in [5.41, 5.74) is -1.02. The van der Waals surface area contributed by atoms with E-state index in [0.29, 0.717) is 18.8 Å². The zero-order valence-electron chi connectivity index (χ0n) is 42.7. The van der Waals surface area contributed by atoms with Crippen LogP contribution in [-0.4, -0.2) is 223 Å². The van der Waals surface area contributed by atoms with Gasteiger partial charge in [0.25, 0.3) is 0 Å². The molecule has 0 aromatic heterocycles. The van der Waals surface area contributed by atoms with Crippen molar-refractivity contribution in [2.24, 2.45) is 34.5 Å². The lowest BCUT2D eigenvalue weighted by molar-refractivity contribution is -0.485. The van der Waals surface area contributed by atoms with Gasteiger partial charge in [-0.25, -0.2) is 4.79 Å². The number of cyclic esters (lactones) is 1. The standard InChI is InChI=1S/C50H78O24/c1-21-42(71-36-16-30(64-6)43(22(2)68-36)74-50(63)45(60)41(58)39(56)33(73-50)20-66-49(62)44(59)40(57)38(55)32(18-51)72-49)29(53)15-35(67-21)70-26-9-11-46(4)25(14-26)7-8-28-27(46)10-12-47(5)37(24-13-34(54)65-19-24)31(69-23(3)52)17-48(28,47)61/h13,21-22,25-33,35-45,51,53,55-63H,7-12,14-20H2,1-6H3. The molecule has 4 saturated heterocycles. The lowest BCUT2D eigenvalue weighted by Crippen LogP contribution is -2.70. The van der Waals surface area contributed by atoms with Crippen molar-refractivity contribution >= 4 is 11.9 Å². The molecule has 9 rings (SSSR count). The molecule has 9 aliphatic rings. The second kappa shape index (κ2) is 21.2. The Labute approximate surface area is 428 Å². The molecule has 27 atom stereocenters. The molecule has 0 spiro atoms. The minimum atomic E-state index is -3.07. The van der Waals surface area contributed by atoms with Gasteiger partial charge < -0.3 is 108 Å². The molecule has 4 aliphatic carbocycles. The molecule has 5 heterocycles. The fourth-order valence-corrected chi connectivity index (χ4v) is 14.9. The van der Waals surface area contributed by atoms with Crippen molar-refractivity contribution in [1.29, 1.82) is 0 Å². The highest BCUT2D eigenvalue weighted by atomic mass is 16.9. The zero-order chi connectivity index (χ0) is 53.6. The van der Waals surface area contributed by atoms with E-state index in [1.54, 1.807) is 13.8 Å². The first-order valence-corrected chi connectivity index (χ1v) is 26.2. The summed E-state index contributed by atoms with van der Waals surface area (Å²) in [6.45, 7) is 7.40. The van der Waals surface area contributed by atoms with E-state index in [4.69, 9.17) is 52.1 Å². The van der Waals surface area contributed by atoms with Crippen LogP contribution in [0.5, 0.6) is 0 Å². The number of hydrogen-bond acceptors (Lipinski definition) is 24. The number of rotatable bonds is 13. The van der Waals surface area contributed by atoms with Gasteiger partial charge in [0.15, 0.2) is 24.8 Å². The second-order valence-corrected chi connectivity index (χ2v) is 23.0. The maximum absolute atomic E-state index is 12.9. The Morgan fingerprint density at radius 2 is 1.41 bits per heavy atom. The third kappa shape index (κ3) is 9.91. The molecule has 0 bridgehead atoms. The fourth-order valence-electron chi connectivity index (χ4n) is 14.9. The summed E-state index contributed by atoms with van der Waals surface area (Å²) in [6.07, 6.45) is -16.5. The Morgan fingerprint density at radius 3 is 2.04 bits per heavy atom. The van der Waals surface area contributed by atoms with Gasteiger partial charge in [0.2, 0.25) is 0 Å². The van der Waals surface area contributed by atoms with E-state index in [0.717, 1.165) is 44.1 Å². The van der Waals surface area contributed by atoms with Crippen molar-refractivity contribution < 1.29 is 118 Å². The van der Waals surface area contributed by atoms with Gasteiger partial charge in [-0.2, -0.15) is 0 Å². The Balaban J connectivity index is 0.777. The molecule has 27 unspecified atom stereocenters. The average molecular weight is 1060 g/mol. The lowest BCUT2D eigenvalue weighted by Gasteiger charge is -2.63. The third-order valence-electron chi connectivity index (χ3n) is 18.8. The summed E-state index contributed by atoms with van der Waals surface area (Å²) in [5.74, 6) is -6.78. The summed E-state index contributed by atoms with van der Waals surface area (Å²) in [5, 5.41) is 120. The summed E-state index contributed by atoms with van der Waals surface area (Å²) in [7, 11) is 1.36. The van der Waals surface area contributed by atoms with Gasteiger partial charge in [-0.05, 0) is 87.5 Å². The van der Waals surface area contributed by atoms with Gasteiger partial charge in [-0.1, -0.05) is 13.8 Å². The molecule has 74 heavy (non-hydrogen) atoms. The first-order chi connectivity index (χ1) is 34.8. The molecule has 0 radical (unpaired) electrons. The van der Waals surface area contributed by atoms with Crippen molar-refractivity contribution in [3.05, 3.63) is 11.6 Å². The van der Waals surface area contributed by atoms with Gasteiger partial charge in [0, 0.05) is 50.7 Å². The van der Waals surface area contributed by atoms with Crippen LogP contribution in [0, 0.1) is 34.5 Å². The van der Waals surface area contributed by atoms with E-state index < -0.39 is 152 Å². The van der Waals surface area contributed by atoms with Gasteiger partial charge in [0.1, 0.15) is 61.5 Å². The first-order valence-electron chi connectivity index (χ1n) is 26.2. The topological polar surface area (TPSA) is 358 Å². The monoisotopic (exact) mass is 1060 g/mol. The van der Waals surface area contributed by atoms with Gasteiger partial charge in [-0.15, -0.1) is 0 Å². The highest BCUT2D eigenvalue weighted by Crippen LogP contribution is 2.70. The number of carbonyl (C=O) groups excluding carboxylic acids is 2. The average Bonchev–Trinajstić information content (AvgIpc) is 3.87. The molecule has 11 N–H and O–H groups in total. The summed E-state index contributed by atoms with van der Waals surface area (Å²) < 4.78 is 64.1. The van der Waals surface area contributed by atoms with Crippen LogP contribution in [0.1, 0.15) is 98.8 Å². The van der Waals surface area contributed by atoms with Crippen LogP contribution in [0.3, 0.4) is 0 Å². The van der Waals surface area contributed by atoms with Gasteiger partial charge in [0.05, 0.1) is 49.3 Å². The molecule has 24 nitrogen and oxygen atoms in total. The summed E-state index contributed by atoms with van der Waals surface area (Å²) in [4.78, 5) is 24.6. The van der Waals surface area contributed by atoms with E-state index in [-0.39, 0.29) is 48.7 Å². The fraction of sp³-hybridized carbons (Fsp3) is 0.920. The van der Waals surface area contributed by atoms with Crippen LogP contribution in [0.2, 0.25) is 0 Å². The molecule has 4 saturated carbocycles. The Bertz CT molecular complexity index is 2040. The van der Waals surface area contributed by atoms with Crippen LogP contribution < -0.4 is 0 Å². The number of aliphatic hydroxyl groups excluding tert-OH is 8. The number of esters is 2. The molecule has 0 amide bonds. The molecular weight excluding hydrogens is 985 g/mol. The van der Waals surface area contributed by atoms with E-state index >= 15 is 0 Å². The normalized spacial score (nSPS) is 53.6. The molecule has 422 valence electrons. The Kier molecular flexibility index (Phi) is 16.2. The van der Waals surface area contributed by atoms with Crippen LogP contribution in [0.15, 0.2) is 11.6 Å². The largest absolute Gasteiger partial charge is 0.462 e. The number of hydrogen-bond donors (Lipinski definition) is 11. The molecule has 5 aliphatic heterocycles. The van der Waals surface area contributed by atoms with Crippen LogP contribution in [0.4, 0.5) is 0 Å². The summed E-state index contributed by atoms with van der Waals surface area (Å²) in [6, 6.07) is 0. The number of methoxy groups -OCH3 is 1. The number of aliphatic hydroxyl groups is 11. The SMILES string of the molecule is COC1CC(OC2C(O)CC(OC3CCC4(C)C(CCC5C4CCC4(C)C(C6=CC(=O)OC6)C(OC(C)=O)CC54O)C3)OC2C)OC(C)C1OC1(O)OC(COC2(O)OC(CO)C(O)C(O)C2O)C(O)C(O)C1O. The molecular formula is C50H78O24. The first kappa shape index (κ1) is 56.6. The smallest absolute Gasteiger partial charge is 0.331 e. The third-order valence-corrected chi connectivity index (χ3v) is 18.8. The maximum atomic E-state index is 12.9. The van der Waals surface area contributed by atoms with E-state index in [1.165, 1.54) is 20.1 Å². The van der Waals surface area contributed by atoms with E-state index in [9.17, 15) is 65.8 Å². The summed E-state index contributed by atoms with van der Waals surface area (Å²) >= 11 is 0. The highest BCUT2D eigenvalue weighted by Gasteiger charge is 2.71. The van der Waals surface area contributed by atoms with E-state index in [2.05, 4.69) is 13.8 Å². The van der Waals surface area contributed by atoms with Crippen molar-refractivity contribution in [2.75, 3.05) is 26.9 Å². The van der Waals surface area contributed by atoms with Crippen molar-refractivity contribution in [3.63, 3.8) is 0 Å². The number of fused-ring (bicyclic) bond motifs is 5.